The summed E-state index contributed by atoms with van der Waals surface area (Å²) in [5.41, 5.74) is -0.475. The lowest BCUT2D eigenvalue weighted by Gasteiger charge is -2.28. The number of aliphatic carboxylic acids is 1. The van der Waals surface area contributed by atoms with Crippen LogP contribution in [0.4, 0.5) is 4.79 Å². The van der Waals surface area contributed by atoms with Crippen LogP contribution >= 0.6 is 0 Å². The molecule has 0 saturated heterocycles. The smallest absolute Gasteiger partial charge is 0.410 e. The summed E-state index contributed by atoms with van der Waals surface area (Å²) in [6.45, 7) is 6.95. The van der Waals surface area contributed by atoms with Crippen molar-refractivity contribution in [1.29, 1.82) is 0 Å². The van der Waals surface area contributed by atoms with E-state index in [1.165, 1.54) is 0 Å². The van der Waals surface area contributed by atoms with Crippen LogP contribution in [-0.2, 0) is 9.53 Å². The first kappa shape index (κ1) is 18.7. The lowest BCUT2D eigenvalue weighted by molar-refractivity contribution is -0.143. The quantitative estimate of drug-likeness (QED) is 0.736. The van der Waals surface area contributed by atoms with E-state index in [0.29, 0.717) is 13.0 Å². The van der Waals surface area contributed by atoms with E-state index < -0.39 is 11.6 Å². The lowest BCUT2D eigenvalue weighted by atomic mass is 9.86. The molecule has 1 aliphatic carbocycles. The Kier molecular flexibility index (Phi) is 7.13. The van der Waals surface area contributed by atoms with E-state index in [-0.39, 0.29) is 18.1 Å². The number of hydrogen-bond acceptors (Lipinski definition) is 4. The summed E-state index contributed by atoms with van der Waals surface area (Å²) in [4.78, 5) is 24.4. The van der Waals surface area contributed by atoms with Crippen LogP contribution in [0.2, 0.25) is 0 Å². The van der Waals surface area contributed by atoms with Gasteiger partial charge in [-0.25, -0.2) is 4.79 Å². The van der Waals surface area contributed by atoms with Crippen molar-refractivity contribution in [3.63, 3.8) is 0 Å². The highest BCUT2D eigenvalue weighted by Crippen LogP contribution is 2.24. The Morgan fingerprint density at radius 3 is 2.59 bits per heavy atom. The molecule has 0 radical (unpaired) electrons. The van der Waals surface area contributed by atoms with Crippen molar-refractivity contribution in [3.8, 4) is 0 Å². The van der Waals surface area contributed by atoms with Crippen LogP contribution in [0.3, 0.4) is 0 Å². The van der Waals surface area contributed by atoms with Crippen molar-refractivity contribution >= 4 is 12.1 Å². The first-order valence-corrected chi connectivity index (χ1v) is 8.09. The molecule has 0 aliphatic heterocycles. The second-order valence-electron chi connectivity index (χ2n) is 7.11. The number of carboxylic acid groups (broad SMARTS) is 1. The average molecular weight is 314 g/mol. The van der Waals surface area contributed by atoms with Gasteiger partial charge in [0.15, 0.2) is 0 Å². The van der Waals surface area contributed by atoms with Gasteiger partial charge in [0.05, 0.1) is 5.92 Å². The third kappa shape index (κ3) is 7.11. The molecule has 0 aromatic carbocycles. The monoisotopic (exact) mass is 314 g/mol. The number of carboxylic acids is 1. The molecular formula is C16H30N2O4. The molecule has 1 saturated carbocycles. The standard InChI is InChI=1S/C16H30N2O4/c1-16(2,3)22-15(21)18(4)10-6-9-17-13-8-5-7-12(11-13)14(19)20/h12-13,17H,5-11H2,1-4H3,(H,19,20). The van der Waals surface area contributed by atoms with Crippen LogP contribution in [0.15, 0.2) is 0 Å². The van der Waals surface area contributed by atoms with Gasteiger partial charge in [0.25, 0.3) is 0 Å². The second kappa shape index (κ2) is 8.36. The highest BCUT2D eigenvalue weighted by atomic mass is 16.6. The van der Waals surface area contributed by atoms with Gasteiger partial charge in [-0.3, -0.25) is 4.79 Å². The zero-order valence-corrected chi connectivity index (χ0v) is 14.2. The minimum Gasteiger partial charge on any atom is -0.481 e. The predicted molar refractivity (Wildman–Crippen MR) is 84.9 cm³/mol. The third-order valence-electron chi connectivity index (χ3n) is 3.83. The number of carbonyl (C=O) groups is 2. The Morgan fingerprint density at radius 2 is 2.00 bits per heavy atom. The Bertz CT molecular complexity index is 379. The predicted octanol–water partition coefficient (Wildman–Crippen LogP) is 2.48. The Morgan fingerprint density at radius 1 is 1.32 bits per heavy atom. The van der Waals surface area contributed by atoms with Crippen LogP contribution in [-0.4, -0.2) is 53.8 Å². The molecule has 0 aromatic heterocycles. The number of ether oxygens (including phenoxy) is 1. The minimum absolute atomic E-state index is 0.212. The molecule has 6 nitrogen and oxygen atoms in total. The van der Waals surface area contributed by atoms with Gasteiger partial charge in [-0.2, -0.15) is 0 Å². The van der Waals surface area contributed by atoms with Gasteiger partial charge < -0.3 is 20.1 Å². The van der Waals surface area contributed by atoms with Crippen LogP contribution < -0.4 is 5.32 Å². The van der Waals surface area contributed by atoms with E-state index in [2.05, 4.69) is 5.32 Å². The first-order valence-electron chi connectivity index (χ1n) is 8.09. The van der Waals surface area contributed by atoms with E-state index in [1.807, 2.05) is 20.8 Å². The number of rotatable bonds is 6. The minimum atomic E-state index is -0.684. The van der Waals surface area contributed by atoms with E-state index in [0.717, 1.165) is 32.2 Å². The van der Waals surface area contributed by atoms with Crippen LogP contribution in [0.5, 0.6) is 0 Å². The average Bonchev–Trinajstić information content (AvgIpc) is 2.41. The molecule has 1 amide bonds. The van der Waals surface area contributed by atoms with Crippen LogP contribution in [0.25, 0.3) is 0 Å². The number of hydrogen-bond donors (Lipinski definition) is 2. The summed E-state index contributed by atoms with van der Waals surface area (Å²) in [5.74, 6) is -0.896. The van der Waals surface area contributed by atoms with Crippen molar-refractivity contribution in [2.75, 3.05) is 20.1 Å². The summed E-state index contributed by atoms with van der Waals surface area (Å²) < 4.78 is 5.29. The van der Waals surface area contributed by atoms with Crippen molar-refractivity contribution in [2.24, 2.45) is 5.92 Å². The van der Waals surface area contributed by atoms with Gasteiger partial charge in [0.2, 0.25) is 0 Å². The molecule has 2 N–H and O–H groups in total. The number of nitrogens with one attached hydrogen (secondary N) is 1. The maximum atomic E-state index is 11.8. The first-order chi connectivity index (χ1) is 10.2. The molecular weight excluding hydrogens is 284 g/mol. The second-order valence-corrected chi connectivity index (χ2v) is 7.11. The van der Waals surface area contributed by atoms with Crippen molar-refractivity contribution in [3.05, 3.63) is 0 Å². The van der Waals surface area contributed by atoms with Gasteiger partial charge in [-0.15, -0.1) is 0 Å². The number of carbonyl (C=O) groups excluding carboxylic acids is 1. The summed E-state index contributed by atoms with van der Waals surface area (Å²) in [6, 6.07) is 0.279. The Balaban J connectivity index is 2.19. The zero-order chi connectivity index (χ0) is 16.8. The van der Waals surface area contributed by atoms with Gasteiger partial charge in [-0.05, 0) is 53.0 Å². The summed E-state index contributed by atoms with van der Waals surface area (Å²) >= 11 is 0. The zero-order valence-electron chi connectivity index (χ0n) is 14.2. The maximum Gasteiger partial charge on any atom is 0.410 e. The molecule has 1 rings (SSSR count). The molecule has 2 unspecified atom stereocenters. The lowest BCUT2D eigenvalue weighted by Crippen LogP contribution is -2.39. The maximum absolute atomic E-state index is 11.8. The summed E-state index contributed by atoms with van der Waals surface area (Å²) in [6.07, 6.45) is 4.00. The molecule has 128 valence electrons. The fourth-order valence-corrected chi connectivity index (χ4v) is 2.65. The molecule has 22 heavy (non-hydrogen) atoms. The molecule has 0 bridgehead atoms. The van der Waals surface area contributed by atoms with Gasteiger partial charge >= 0.3 is 12.1 Å². The highest BCUT2D eigenvalue weighted by molar-refractivity contribution is 5.70. The van der Waals surface area contributed by atoms with E-state index in [9.17, 15) is 9.59 Å². The van der Waals surface area contributed by atoms with E-state index >= 15 is 0 Å². The van der Waals surface area contributed by atoms with Crippen LogP contribution in [0.1, 0.15) is 52.9 Å². The summed E-state index contributed by atoms with van der Waals surface area (Å²) in [7, 11) is 1.73. The SMILES string of the molecule is CN(CCCNC1CCCC(C(=O)O)C1)C(=O)OC(C)(C)C. The van der Waals surface area contributed by atoms with Gasteiger partial charge in [0.1, 0.15) is 5.60 Å². The molecule has 2 atom stereocenters. The van der Waals surface area contributed by atoms with Gasteiger partial charge in [-0.1, -0.05) is 6.42 Å². The number of amides is 1. The van der Waals surface area contributed by atoms with Crippen LogP contribution in [0, 0.1) is 5.92 Å². The molecule has 0 spiro atoms. The Hall–Kier alpha value is -1.30. The molecule has 1 aliphatic rings. The fourth-order valence-electron chi connectivity index (χ4n) is 2.65. The highest BCUT2D eigenvalue weighted by Gasteiger charge is 2.26. The van der Waals surface area contributed by atoms with Crippen molar-refractivity contribution < 1.29 is 19.4 Å². The summed E-state index contributed by atoms with van der Waals surface area (Å²) in [5, 5.41) is 12.5. The number of nitrogens with zero attached hydrogens (tertiary/aromatic N) is 1. The molecule has 6 heteroatoms. The Labute approximate surface area is 133 Å². The molecule has 1 fully saturated rings. The van der Waals surface area contributed by atoms with Crippen molar-refractivity contribution in [1.82, 2.24) is 10.2 Å². The van der Waals surface area contributed by atoms with E-state index in [4.69, 9.17) is 9.84 Å². The van der Waals surface area contributed by atoms with Gasteiger partial charge in [0, 0.05) is 19.6 Å². The largest absolute Gasteiger partial charge is 0.481 e. The molecule has 0 aromatic rings. The third-order valence-corrected chi connectivity index (χ3v) is 3.83. The van der Waals surface area contributed by atoms with E-state index in [1.54, 1.807) is 11.9 Å². The normalized spacial score (nSPS) is 22.2. The topological polar surface area (TPSA) is 78.9 Å². The van der Waals surface area contributed by atoms with Crippen molar-refractivity contribution in [2.45, 2.75) is 64.5 Å². The molecule has 0 heterocycles. The fraction of sp³-hybridized carbons (Fsp3) is 0.875.